The van der Waals surface area contributed by atoms with Crippen molar-refractivity contribution in [2.75, 3.05) is 11.4 Å². The molecule has 4 aromatic rings. The second-order valence-electron chi connectivity index (χ2n) is 8.27. The summed E-state index contributed by atoms with van der Waals surface area (Å²) in [6.07, 6.45) is -8.36. The van der Waals surface area contributed by atoms with Crippen molar-refractivity contribution in [3.05, 3.63) is 81.0 Å². The molecule has 0 amide bonds. The maximum Gasteiger partial charge on any atom is 0.451 e. The van der Waals surface area contributed by atoms with Crippen LogP contribution in [0.25, 0.3) is 10.9 Å². The van der Waals surface area contributed by atoms with E-state index in [4.69, 9.17) is 11.6 Å². The Hall–Kier alpha value is -3.41. The van der Waals surface area contributed by atoms with E-state index in [9.17, 15) is 26.3 Å². The number of hydrogen-bond acceptors (Lipinski definition) is 4. The van der Waals surface area contributed by atoms with E-state index in [2.05, 4.69) is 19.9 Å². The lowest BCUT2D eigenvalue weighted by Crippen LogP contribution is -2.38. The quantitative estimate of drug-likeness (QED) is 0.300. The van der Waals surface area contributed by atoms with Crippen molar-refractivity contribution in [2.24, 2.45) is 0 Å². The molecule has 0 unspecified atom stereocenters. The van der Waals surface area contributed by atoms with E-state index < -0.39 is 47.9 Å². The summed E-state index contributed by atoms with van der Waals surface area (Å²) >= 11 is 6.13. The molecule has 0 bridgehead atoms. The highest BCUT2D eigenvalue weighted by Gasteiger charge is 2.40. The van der Waals surface area contributed by atoms with Gasteiger partial charge in [0.1, 0.15) is 6.04 Å². The number of nitrogens with one attached hydrogen (secondary N) is 1. The van der Waals surface area contributed by atoms with Gasteiger partial charge in [-0.3, -0.25) is 0 Å². The average Bonchev–Trinajstić information content (AvgIpc) is 3.19. The zero-order chi connectivity index (χ0) is 25.9. The molecule has 1 aliphatic heterocycles. The van der Waals surface area contributed by atoms with E-state index in [0.29, 0.717) is 27.2 Å². The van der Waals surface area contributed by atoms with E-state index in [1.54, 1.807) is 18.2 Å². The van der Waals surface area contributed by atoms with Crippen molar-refractivity contribution in [3.8, 4) is 0 Å². The van der Waals surface area contributed by atoms with Crippen LogP contribution >= 0.6 is 11.6 Å². The van der Waals surface area contributed by atoms with E-state index in [-0.39, 0.29) is 24.1 Å². The van der Waals surface area contributed by atoms with Crippen molar-refractivity contribution < 1.29 is 30.7 Å². The van der Waals surface area contributed by atoms with Crippen LogP contribution in [0.5, 0.6) is 0 Å². The van der Waals surface area contributed by atoms with Crippen LogP contribution < -0.4 is 4.90 Å². The van der Waals surface area contributed by atoms with Crippen LogP contribution in [-0.4, -0.2) is 26.5 Å². The molecule has 0 saturated carbocycles. The van der Waals surface area contributed by atoms with Gasteiger partial charge in [-0.2, -0.15) is 23.1 Å². The third kappa shape index (κ3) is 4.02. The van der Waals surface area contributed by atoms with E-state index in [1.165, 1.54) is 19.1 Å². The van der Waals surface area contributed by atoms with Gasteiger partial charge in [0.25, 0.3) is 6.43 Å². The normalized spacial score (nSPS) is 16.2. The minimum Gasteiger partial charge on any atom is -0.356 e. The Morgan fingerprint density at radius 3 is 2.50 bits per heavy atom. The Morgan fingerprint density at radius 2 is 1.81 bits per heavy atom. The standard InChI is InChI=1S/C23H15ClF7N5/c1-9-2-4-12(16(26)15(9)25)18-17-11(13-8-10(24)3-5-14(13)32-17)6-7-36(18)22-34-20(19(27)28)33-21(35-22)23(29,30)31/h2-5,8,18-19,32H,6-7H2,1H3/t18-/m0/s1. The number of fused-ring (bicyclic) bond motifs is 3. The molecule has 3 heterocycles. The lowest BCUT2D eigenvalue weighted by molar-refractivity contribution is -0.145. The van der Waals surface area contributed by atoms with Crippen LogP contribution in [0.15, 0.2) is 30.3 Å². The maximum atomic E-state index is 15.2. The predicted molar refractivity (Wildman–Crippen MR) is 117 cm³/mol. The molecule has 1 N–H and O–H groups in total. The van der Waals surface area contributed by atoms with Crippen molar-refractivity contribution >= 4 is 28.5 Å². The lowest BCUT2D eigenvalue weighted by Gasteiger charge is -2.36. The molecular weight excluding hydrogens is 515 g/mol. The minimum absolute atomic E-state index is 0.0155. The zero-order valence-electron chi connectivity index (χ0n) is 18.3. The highest BCUT2D eigenvalue weighted by Crippen LogP contribution is 2.42. The lowest BCUT2D eigenvalue weighted by atomic mass is 9.91. The number of H-pyrrole nitrogens is 1. The van der Waals surface area contributed by atoms with Gasteiger partial charge in [0.15, 0.2) is 11.6 Å². The SMILES string of the molecule is Cc1ccc([C@H]2c3[nH]c4ccc(Cl)cc4c3CCN2c2nc(C(F)F)nc(C(F)(F)F)n2)c(F)c1F. The summed E-state index contributed by atoms with van der Waals surface area (Å²) in [6.45, 7) is 1.27. The fourth-order valence-electron chi connectivity index (χ4n) is 4.41. The molecule has 36 heavy (non-hydrogen) atoms. The highest BCUT2D eigenvalue weighted by molar-refractivity contribution is 6.31. The first-order valence-electron chi connectivity index (χ1n) is 10.6. The number of anilines is 1. The molecule has 1 aliphatic rings. The number of nitrogens with zero attached hydrogens (tertiary/aromatic N) is 4. The van der Waals surface area contributed by atoms with Crippen molar-refractivity contribution in [2.45, 2.75) is 32.0 Å². The van der Waals surface area contributed by atoms with Gasteiger partial charge in [-0.15, -0.1) is 0 Å². The topological polar surface area (TPSA) is 57.7 Å². The Kier molecular flexibility index (Phi) is 5.81. The number of aryl methyl sites for hydroxylation is 1. The monoisotopic (exact) mass is 529 g/mol. The number of halogens is 8. The molecule has 5 nitrogen and oxygen atoms in total. The van der Waals surface area contributed by atoms with Crippen LogP contribution in [-0.2, 0) is 12.6 Å². The molecule has 2 aromatic heterocycles. The Labute approximate surface area is 204 Å². The van der Waals surface area contributed by atoms with Gasteiger partial charge in [0, 0.05) is 33.7 Å². The number of aromatic amines is 1. The molecule has 0 aliphatic carbocycles. The number of benzene rings is 2. The number of rotatable bonds is 3. The molecule has 1 atom stereocenters. The first-order valence-corrected chi connectivity index (χ1v) is 11.0. The van der Waals surface area contributed by atoms with E-state index in [1.807, 2.05) is 0 Å². The summed E-state index contributed by atoms with van der Waals surface area (Å²) in [4.78, 5) is 14.0. The molecule has 0 fully saturated rings. The van der Waals surface area contributed by atoms with Crippen molar-refractivity contribution in [1.82, 2.24) is 19.9 Å². The maximum absolute atomic E-state index is 15.2. The Morgan fingerprint density at radius 1 is 1.06 bits per heavy atom. The summed E-state index contributed by atoms with van der Waals surface area (Å²) in [5.41, 5.74) is 1.39. The largest absolute Gasteiger partial charge is 0.451 e. The van der Waals surface area contributed by atoms with Crippen LogP contribution in [0, 0.1) is 18.6 Å². The second-order valence-corrected chi connectivity index (χ2v) is 8.70. The minimum atomic E-state index is -5.14. The van der Waals surface area contributed by atoms with Crippen LogP contribution in [0.1, 0.15) is 46.5 Å². The summed E-state index contributed by atoms with van der Waals surface area (Å²) in [7, 11) is 0. The van der Waals surface area contributed by atoms with Crippen LogP contribution in [0.3, 0.4) is 0 Å². The van der Waals surface area contributed by atoms with Gasteiger partial charge < -0.3 is 9.88 Å². The molecule has 2 aromatic carbocycles. The van der Waals surface area contributed by atoms with Crippen LogP contribution in [0.2, 0.25) is 5.02 Å². The van der Waals surface area contributed by atoms with E-state index >= 15 is 4.39 Å². The van der Waals surface area contributed by atoms with E-state index in [0.717, 1.165) is 4.90 Å². The van der Waals surface area contributed by atoms with Gasteiger partial charge in [-0.25, -0.2) is 22.5 Å². The van der Waals surface area contributed by atoms with Gasteiger partial charge in [-0.1, -0.05) is 23.7 Å². The molecule has 0 radical (unpaired) electrons. The molecule has 0 saturated heterocycles. The summed E-state index contributed by atoms with van der Waals surface area (Å²) in [5, 5.41) is 1.11. The van der Waals surface area contributed by atoms with Gasteiger partial charge in [-0.05, 0) is 42.7 Å². The highest BCUT2D eigenvalue weighted by atomic mass is 35.5. The first-order chi connectivity index (χ1) is 17.0. The van der Waals surface area contributed by atoms with Crippen LogP contribution in [0.4, 0.5) is 36.7 Å². The summed E-state index contributed by atoms with van der Waals surface area (Å²) < 4.78 is 96.9. The summed E-state index contributed by atoms with van der Waals surface area (Å²) in [6, 6.07) is 6.30. The third-order valence-electron chi connectivity index (χ3n) is 6.04. The molecule has 0 spiro atoms. The van der Waals surface area contributed by atoms with Crippen molar-refractivity contribution in [1.29, 1.82) is 0 Å². The van der Waals surface area contributed by atoms with Gasteiger partial charge in [0.05, 0.1) is 0 Å². The first kappa shape index (κ1) is 24.3. The fourth-order valence-corrected chi connectivity index (χ4v) is 4.58. The number of aromatic nitrogens is 4. The van der Waals surface area contributed by atoms with Crippen molar-refractivity contribution in [3.63, 3.8) is 0 Å². The number of alkyl halides is 5. The average molecular weight is 530 g/mol. The molecular formula is C23H15ClF7N5. The molecule has 13 heteroatoms. The predicted octanol–water partition coefficient (Wildman–Crippen LogP) is 6.70. The fraction of sp³-hybridized carbons (Fsp3) is 0.261. The Bertz CT molecular complexity index is 1480. The molecule has 188 valence electrons. The molecule has 5 rings (SSSR count). The zero-order valence-corrected chi connectivity index (χ0v) is 19.0. The summed E-state index contributed by atoms with van der Waals surface area (Å²) in [5.74, 6) is -6.30. The van der Waals surface area contributed by atoms with Gasteiger partial charge in [0.2, 0.25) is 17.6 Å². The smallest absolute Gasteiger partial charge is 0.356 e. The van der Waals surface area contributed by atoms with Gasteiger partial charge >= 0.3 is 6.18 Å². The third-order valence-corrected chi connectivity index (χ3v) is 6.27. The Balaban J connectivity index is 1.77. The number of hydrogen-bond donors (Lipinski definition) is 1. The second kappa shape index (κ2) is 8.61.